The Morgan fingerprint density at radius 2 is 2.00 bits per heavy atom. The van der Waals surface area contributed by atoms with Crippen LogP contribution in [0, 0.1) is 0 Å². The molecule has 0 fully saturated rings. The van der Waals surface area contributed by atoms with E-state index in [4.69, 9.17) is 4.74 Å². The fraction of sp³-hybridized carbons (Fsp3) is 0.312. The van der Waals surface area contributed by atoms with Crippen molar-refractivity contribution in [2.45, 2.75) is 13.0 Å². The minimum absolute atomic E-state index is 0.693. The van der Waals surface area contributed by atoms with Crippen molar-refractivity contribution >= 4 is 17.3 Å². The number of rotatable bonds is 7. The number of aliphatic imine (C=N–C) groups is 1. The van der Waals surface area contributed by atoms with Crippen LogP contribution in [0.2, 0.25) is 0 Å². The zero-order valence-corrected chi connectivity index (χ0v) is 13.0. The van der Waals surface area contributed by atoms with Crippen LogP contribution >= 0.6 is 11.3 Å². The zero-order valence-electron chi connectivity index (χ0n) is 12.2. The van der Waals surface area contributed by atoms with Crippen LogP contribution in [-0.2, 0) is 6.54 Å². The molecule has 2 rings (SSSR count). The lowest BCUT2D eigenvalue weighted by Gasteiger charge is -2.11. The van der Waals surface area contributed by atoms with Gasteiger partial charge in [-0.1, -0.05) is 24.3 Å². The molecule has 2 N–H and O–H groups in total. The summed E-state index contributed by atoms with van der Waals surface area (Å²) < 4.78 is 5.64. The Labute approximate surface area is 129 Å². The fourth-order valence-electron chi connectivity index (χ4n) is 1.79. The molecule has 4 nitrogen and oxygen atoms in total. The van der Waals surface area contributed by atoms with Gasteiger partial charge in [0.1, 0.15) is 5.75 Å². The van der Waals surface area contributed by atoms with Crippen molar-refractivity contribution in [3.8, 4) is 5.75 Å². The van der Waals surface area contributed by atoms with Gasteiger partial charge in [0, 0.05) is 18.5 Å². The molecule has 0 spiro atoms. The third-order valence-electron chi connectivity index (χ3n) is 2.86. The van der Waals surface area contributed by atoms with Crippen molar-refractivity contribution in [2.24, 2.45) is 4.99 Å². The normalized spacial score (nSPS) is 11.2. The third kappa shape index (κ3) is 5.87. The molecule has 2 aromatic rings. The summed E-state index contributed by atoms with van der Waals surface area (Å²) in [7, 11) is 1.78. The summed E-state index contributed by atoms with van der Waals surface area (Å²) in [5.41, 5.74) is 0. The lowest BCUT2D eigenvalue weighted by atomic mass is 10.3. The minimum atomic E-state index is 0.693. The van der Waals surface area contributed by atoms with Gasteiger partial charge in [0.2, 0.25) is 0 Å². The Balaban J connectivity index is 1.58. The SMILES string of the molecule is CN=C(NCCCOc1ccccc1)NCc1cccs1. The van der Waals surface area contributed by atoms with E-state index in [0.29, 0.717) is 6.61 Å². The summed E-state index contributed by atoms with van der Waals surface area (Å²) in [6.45, 7) is 2.33. The molecular formula is C16H21N3OS. The maximum absolute atomic E-state index is 5.64. The highest BCUT2D eigenvalue weighted by Crippen LogP contribution is 2.08. The molecule has 0 atom stereocenters. The highest BCUT2D eigenvalue weighted by Gasteiger charge is 1.98. The molecule has 0 radical (unpaired) electrons. The topological polar surface area (TPSA) is 45.7 Å². The average Bonchev–Trinajstić information content (AvgIpc) is 3.04. The lowest BCUT2D eigenvalue weighted by molar-refractivity contribution is 0.311. The standard InChI is InChI=1S/C16H21N3OS/c1-17-16(19-13-15-9-5-12-21-15)18-10-6-11-20-14-7-3-2-4-8-14/h2-5,7-9,12H,6,10-11,13H2,1H3,(H2,17,18,19). The predicted octanol–water partition coefficient (Wildman–Crippen LogP) is 2.88. The Bertz CT molecular complexity index is 526. The molecule has 0 aliphatic heterocycles. The van der Waals surface area contributed by atoms with Gasteiger partial charge in [-0.25, -0.2) is 0 Å². The van der Waals surface area contributed by atoms with Gasteiger partial charge in [-0.05, 0) is 30.0 Å². The number of hydrogen-bond donors (Lipinski definition) is 2. The van der Waals surface area contributed by atoms with Crippen molar-refractivity contribution in [1.82, 2.24) is 10.6 Å². The van der Waals surface area contributed by atoms with E-state index >= 15 is 0 Å². The van der Waals surface area contributed by atoms with Crippen molar-refractivity contribution in [3.05, 3.63) is 52.7 Å². The Kier molecular flexibility index (Phi) is 6.61. The molecule has 0 aliphatic carbocycles. The number of thiophene rings is 1. The number of benzene rings is 1. The molecule has 0 amide bonds. The zero-order chi connectivity index (χ0) is 14.8. The van der Waals surface area contributed by atoms with E-state index in [1.807, 2.05) is 30.3 Å². The van der Waals surface area contributed by atoms with Crippen LogP contribution in [0.4, 0.5) is 0 Å². The molecule has 21 heavy (non-hydrogen) atoms. The summed E-state index contributed by atoms with van der Waals surface area (Å²) in [5, 5.41) is 8.65. The molecule has 5 heteroatoms. The molecule has 112 valence electrons. The first-order valence-electron chi connectivity index (χ1n) is 7.03. The van der Waals surface area contributed by atoms with Gasteiger partial charge in [-0.3, -0.25) is 4.99 Å². The number of para-hydroxylation sites is 1. The van der Waals surface area contributed by atoms with Gasteiger partial charge in [-0.15, -0.1) is 11.3 Å². The second-order valence-electron chi connectivity index (χ2n) is 4.45. The second kappa shape index (κ2) is 9.02. The number of nitrogens with one attached hydrogen (secondary N) is 2. The van der Waals surface area contributed by atoms with Gasteiger partial charge < -0.3 is 15.4 Å². The summed E-state index contributed by atoms with van der Waals surface area (Å²) >= 11 is 1.74. The summed E-state index contributed by atoms with van der Waals surface area (Å²) in [4.78, 5) is 5.50. The maximum Gasteiger partial charge on any atom is 0.191 e. The first kappa shape index (κ1) is 15.4. The largest absolute Gasteiger partial charge is 0.494 e. The van der Waals surface area contributed by atoms with E-state index in [9.17, 15) is 0 Å². The predicted molar refractivity (Wildman–Crippen MR) is 89.1 cm³/mol. The monoisotopic (exact) mass is 303 g/mol. The molecule has 1 aromatic carbocycles. The number of hydrogen-bond acceptors (Lipinski definition) is 3. The average molecular weight is 303 g/mol. The van der Waals surface area contributed by atoms with Crippen molar-refractivity contribution in [1.29, 1.82) is 0 Å². The number of ether oxygens (including phenoxy) is 1. The van der Waals surface area contributed by atoms with E-state index in [1.165, 1.54) is 4.88 Å². The van der Waals surface area contributed by atoms with Gasteiger partial charge in [0.05, 0.1) is 13.2 Å². The summed E-state index contributed by atoms with van der Waals surface area (Å²) in [6, 6.07) is 14.0. The number of nitrogens with zero attached hydrogens (tertiary/aromatic N) is 1. The summed E-state index contributed by atoms with van der Waals surface area (Å²) in [5.74, 6) is 1.74. The summed E-state index contributed by atoms with van der Waals surface area (Å²) in [6.07, 6.45) is 0.925. The van der Waals surface area contributed by atoms with E-state index in [-0.39, 0.29) is 0 Å². The third-order valence-corrected chi connectivity index (χ3v) is 3.74. The Morgan fingerprint density at radius 1 is 1.14 bits per heavy atom. The molecule has 0 unspecified atom stereocenters. The molecule has 0 saturated heterocycles. The van der Waals surface area contributed by atoms with E-state index in [2.05, 4.69) is 33.1 Å². The molecule has 0 saturated carbocycles. The van der Waals surface area contributed by atoms with Gasteiger partial charge in [0.25, 0.3) is 0 Å². The van der Waals surface area contributed by atoms with Crippen LogP contribution in [0.15, 0.2) is 52.8 Å². The minimum Gasteiger partial charge on any atom is -0.494 e. The van der Waals surface area contributed by atoms with Crippen LogP contribution in [0.5, 0.6) is 5.75 Å². The van der Waals surface area contributed by atoms with E-state index in [1.54, 1.807) is 18.4 Å². The van der Waals surface area contributed by atoms with E-state index in [0.717, 1.165) is 31.2 Å². The van der Waals surface area contributed by atoms with Crippen molar-refractivity contribution < 1.29 is 4.74 Å². The molecule has 1 aromatic heterocycles. The second-order valence-corrected chi connectivity index (χ2v) is 5.48. The van der Waals surface area contributed by atoms with E-state index < -0.39 is 0 Å². The highest BCUT2D eigenvalue weighted by atomic mass is 32.1. The molecule has 1 heterocycles. The molecular weight excluding hydrogens is 282 g/mol. The number of guanidine groups is 1. The van der Waals surface area contributed by atoms with Crippen LogP contribution in [0.3, 0.4) is 0 Å². The molecule has 0 aliphatic rings. The lowest BCUT2D eigenvalue weighted by Crippen LogP contribution is -2.37. The van der Waals surface area contributed by atoms with Crippen LogP contribution < -0.4 is 15.4 Å². The van der Waals surface area contributed by atoms with Crippen LogP contribution in [-0.4, -0.2) is 26.2 Å². The van der Waals surface area contributed by atoms with Gasteiger partial charge >= 0.3 is 0 Å². The van der Waals surface area contributed by atoms with Crippen molar-refractivity contribution in [3.63, 3.8) is 0 Å². The van der Waals surface area contributed by atoms with Crippen LogP contribution in [0.25, 0.3) is 0 Å². The van der Waals surface area contributed by atoms with Crippen LogP contribution in [0.1, 0.15) is 11.3 Å². The maximum atomic E-state index is 5.64. The first-order chi connectivity index (χ1) is 10.4. The quantitative estimate of drug-likeness (QED) is 0.470. The molecule has 0 bridgehead atoms. The van der Waals surface area contributed by atoms with Gasteiger partial charge in [-0.2, -0.15) is 0 Å². The highest BCUT2D eigenvalue weighted by molar-refractivity contribution is 7.09. The van der Waals surface area contributed by atoms with Gasteiger partial charge in [0.15, 0.2) is 5.96 Å². The fourth-order valence-corrected chi connectivity index (χ4v) is 2.43. The first-order valence-corrected chi connectivity index (χ1v) is 7.91. The Morgan fingerprint density at radius 3 is 2.71 bits per heavy atom. The Hall–Kier alpha value is -2.01. The smallest absolute Gasteiger partial charge is 0.191 e. The van der Waals surface area contributed by atoms with Crippen molar-refractivity contribution in [2.75, 3.05) is 20.2 Å².